The molecule has 0 spiro atoms. The normalized spacial score (nSPS) is 17.1. The Kier molecular flexibility index (Phi) is 3.22. The van der Waals surface area contributed by atoms with Crippen molar-refractivity contribution in [1.82, 2.24) is 10.3 Å². The van der Waals surface area contributed by atoms with Gasteiger partial charge in [0.1, 0.15) is 5.75 Å². The Morgan fingerprint density at radius 3 is 3.05 bits per heavy atom. The van der Waals surface area contributed by atoms with Crippen LogP contribution in [0.1, 0.15) is 17.2 Å². The smallest absolute Gasteiger partial charge is 0.130 e. The summed E-state index contributed by atoms with van der Waals surface area (Å²) in [6.45, 7) is 3.72. The van der Waals surface area contributed by atoms with E-state index in [1.54, 1.807) is 0 Å². The zero-order chi connectivity index (χ0) is 13.2. The molecule has 98 valence electrons. The van der Waals surface area contributed by atoms with Gasteiger partial charge in [0.05, 0.1) is 6.61 Å². The molecule has 0 fully saturated rings. The van der Waals surface area contributed by atoms with Crippen LogP contribution in [-0.2, 0) is 0 Å². The van der Waals surface area contributed by atoms with Crippen LogP contribution in [0.3, 0.4) is 0 Å². The molecule has 1 aliphatic rings. The van der Waals surface area contributed by atoms with Gasteiger partial charge in [0.15, 0.2) is 0 Å². The minimum Gasteiger partial charge on any atom is -0.492 e. The predicted molar refractivity (Wildman–Crippen MR) is 76.6 cm³/mol. The van der Waals surface area contributed by atoms with Gasteiger partial charge in [-0.3, -0.25) is 4.98 Å². The van der Waals surface area contributed by atoms with E-state index < -0.39 is 0 Å². The summed E-state index contributed by atoms with van der Waals surface area (Å²) in [5, 5.41) is 3.23. The van der Waals surface area contributed by atoms with E-state index in [9.17, 15) is 0 Å². The Bertz CT molecular complexity index is 595. The lowest BCUT2D eigenvalue weighted by molar-refractivity contribution is 0.329. The topological polar surface area (TPSA) is 34.1 Å². The Balaban J connectivity index is 2.05. The molecule has 0 amide bonds. The summed E-state index contributed by atoms with van der Waals surface area (Å²) in [5.74, 6) is 1.48. The van der Waals surface area contributed by atoms with Gasteiger partial charge in [-0.15, -0.1) is 0 Å². The second-order valence-electron chi connectivity index (χ2n) is 4.98. The maximum absolute atomic E-state index is 5.93. The molecule has 0 bridgehead atoms. The molecule has 1 aromatic heterocycles. The van der Waals surface area contributed by atoms with E-state index >= 15 is 0 Å². The second-order valence-corrected chi connectivity index (χ2v) is 4.98. The van der Waals surface area contributed by atoms with Crippen molar-refractivity contribution < 1.29 is 4.74 Å². The number of aromatic nitrogens is 1. The first-order valence-electron chi connectivity index (χ1n) is 6.63. The summed E-state index contributed by atoms with van der Waals surface area (Å²) < 4.78 is 5.93. The number of aryl methyl sites for hydroxylation is 1. The molecule has 0 aliphatic carbocycles. The van der Waals surface area contributed by atoms with Crippen molar-refractivity contribution in [2.45, 2.75) is 12.8 Å². The van der Waals surface area contributed by atoms with E-state index in [-0.39, 0.29) is 0 Å². The monoisotopic (exact) mass is 254 g/mol. The van der Waals surface area contributed by atoms with Crippen LogP contribution in [0.25, 0.3) is 11.1 Å². The van der Waals surface area contributed by atoms with Gasteiger partial charge in [-0.25, -0.2) is 0 Å². The number of hydrogen-bond donors (Lipinski definition) is 1. The maximum atomic E-state index is 5.93. The lowest BCUT2D eigenvalue weighted by Gasteiger charge is -2.09. The molecule has 1 N–H and O–H groups in total. The van der Waals surface area contributed by atoms with Crippen LogP contribution in [0.5, 0.6) is 5.75 Å². The van der Waals surface area contributed by atoms with Gasteiger partial charge in [-0.05, 0) is 31.7 Å². The van der Waals surface area contributed by atoms with Crippen LogP contribution in [0, 0.1) is 6.92 Å². The number of nitrogens with zero attached hydrogens (tertiary/aromatic N) is 1. The van der Waals surface area contributed by atoms with E-state index in [1.165, 1.54) is 16.7 Å². The van der Waals surface area contributed by atoms with Crippen molar-refractivity contribution in [3.8, 4) is 16.9 Å². The number of benzene rings is 1. The fourth-order valence-corrected chi connectivity index (χ4v) is 2.67. The number of rotatable bonds is 3. The number of ether oxygens (including phenoxy) is 1. The molecule has 19 heavy (non-hydrogen) atoms. The number of nitrogens with one attached hydrogen (secondary N) is 1. The Labute approximate surface area is 113 Å². The minimum absolute atomic E-state index is 0.447. The Morgan fingerprint density at radius 1 is 1.37 bits per heavy atom. The molecule has 0 radical (unpaired) electrons. The molecule has 2 heterocycles. The summed E-state index contributed by atoms with van der Waals surface area (Å²) in [4.78, 5) is 4.25. The van der Waals surface area contributed by atoms with Crippen molar-refractivity contribution in [2.75, 3.05) is 20.2 Å². The molecule has 0 saturated heterocycles. The lowest BCUT2D eigenvalue weighted by atomic mass is 9.96. The molecule has 2 aromatic rings. The van der Waals surface area contributed by atoms with Crippen molar-refractivity contribution in [1.29, 1.82) is 0 Å². The van der Waals surface area contributed by atoms with E-state index in [0.717, 1.165) is 24.6 Å². The summed E-state index contributed by atoms with van der Waals surface area (Å²) in [5.41, 5.74) is 4.68. The average Bonchev–Trinajstić information content (AvgIpc) is 2.83. The molecule has 3 heteroatoms. The summed E-state index contributed by atoms with van der Waals surface area (Å²) in [6.07, 6.45) is 1.85. The highest BCUT2D eigenvalue weighted by Gasteiger charge is 2.26. The molecule has 3 nitrogen and oxygen atoms in total. The largest absolute Gasteiger partial charge is 0.492 e. The third-order valence-corrected chi connectivity index (χ3v) is 3.57. The molecule has 1 aromatic carbocycles. The summed E-state index contributed by atoms with van der Waals surface area (Å²) in [7, 11) is 1.98. The average molecular weight is 254 g/mol. The second kappa shape index (κ2) is 5.02. The molecule has 0 saturated carbocycles. The Hall–Kier alpha value is -1.87. The van der Waals surface area contributed by atoms with Gasteiger partial charge in [-0.1, -0.05) is 18.2 Å². The van der Waals surface area contributed by atoms with Crippen molar-refractivity contribution >= 4 is 0 Å². The number of likely N-dealkylation sites (N-methyl/N-ethyl adjacent to an activating group) is 1. The molecular formula is C16H18N2O. The highest BCUT2D eigenvalue weighted by atomic mass is 16.5. The van der Waals surface area contributed by atoms with Gasteiger partial charge < -0.3 is 10.1 Å². The van der Waals surface area contributed by atoms with Crippen molar-refractivity contribution in [3.05, 3.63) is 47.8 Å². The first-order valence-corrected chi connectivity index (χ1v) is 6.63. The SMILES string of the molecule is CNC[C@@H]1COc2c(-c3ccnc(C)c3)cccc21. The summed E-state index contributed by atoms with van der Waals surface area (Å²) in [6, 6.07) is 10.5. The van der Waals surface area contributed by atoms with E-state index in [4.69, 9.17) is 4.74 Å². The van der Waals surface area contributed by atoms with Crippen molar-refractivity contribution in [2.24, 2.45) is 0 Å². The van der Waals surface area contributed by atoms with Crippen LogP contribution >= 0.6 is 0 Å². The van der Waals surface area contributed by atoms with Crippen molar-refractivity contribution in [3.63, 3.8) is 0 Å². The number of fused-ring (bicyclic) bond motifs is 1. The van der Waals surface area contributed by atoms with Gasteiger partial charge in [-0.2, -0.15) is 0 Å². The van der Waals surface area contributed by atoms with Crippen LogP contribution < -0.4 is 10.1 Å². The third kappa shape index (κ3) is 2.22. The number of para-hydroxylation sites is 1. The standard InChI is InChI=1S/C16H18N2O/c1-11-8-12(6-7-18-11)14-4-3-5-15-13(9-17-2)10-19-16(14)15/h3-8,13,17H,9-10H2,1-2H3/t13-/m1/s1. The van der Waals surface area contributed by atoms with Gasteiger partial charge in [0.25, 0.3) is 0 Å². The zero-order valence-electron chi connectivity index (χ0n) is 11.3. The lowest BCUT2D eigenvalue weighted by Crippen LogP contribution is -2.17. The van der Waals surface area contributed by atoms with Crippen LogP contribution in [0.4, 0.5) is 0 Å². The molecular weight excluding hydrogens is 236 g/mol. The van der Waals surface area contributed by atoms with Crippen LogP contribution in [0.2, 0.25) is 0 Å². The first kappa shape index (κ1) is 12.2. The Morgan fingerprint density at radius 2 is 2.26 bits per heavy atom. The molecule has 1 atom stereocenters. The number of hydrogen-bond acceptors (Lipinski definition) is 3. The van der Waals surface area contributed by atoms with Gasteiger partial charge in [0.2, 0.25) is 0 Å². The highest BCUT2D eigenvalue weighted by Crippen LogP contribution is 2.41. The molecule has 3 rings (SSSR count). The third-order valence-electron chi connectivity index (χ3n) is 3.57. The predicted octanol–water partition coefficient (Wildman–Crippen LogP) is 2.75. The van der Waals surface area contributed by atoms with Gasteiger partial charge in [0, 0.05) is 35.5 Å². The fraction of sp³-hybridized carbons (Fsp3) is 0.312. The van der Waals surface area contributed by atoms with E-state index in [0.29, 0.717) is 5.92 Å². The number of pyridine rings is 1. The van der Waals surface area contributed by atoms with Crippen LogP contribution in [0.15, 0.2) is 36.5 Å². The summed E-state index contributed by atoms with van der Waals surface area (Å²) >= 11 is 0. The minimum atomic E-state index is 0.447. The van der Waals surface area contributed by atoms with E-state index in [2.05, 4.69) is 34.6 Å². The fourth-order valence-electron chi connectivity index (χ4n) is 2.67. The zero-order valence-corrected chi connectivity index (χ0v) is 11.3. The van der Waals surface area contributed by atoms with Crippen LogP contribution in [-0.4, -0.2) is 25.2 Å². The maximum Gasteiger partial charge on any atom is 0.130 e. The molecule has 1 aliphatic heterocycles. The van der Waals surface area contributed by atoms with Gasteiger partial charge >= 0.3 is 0 Å². The van der Waals surface area contributed by atoms with E-state index in [1.807, 2.05) is 26.2 Å². The quantitative estimate of drug-likeness (QED) is 0.914. The highest BCUT2D eigenvalue weighted by molar-refractivity contribution is 5.73. The molecule has 0 unspecified atom stereocenters. The first-order chi connectivity index (χ1) is 9.29.